The Morgan fingerprint density at radius 1 is 1.41 bits per heavy atom. The van der Waals surface area contributed by atoms with E-state index in [9.17, 15) is 4.39 Å². The molecule has 1 N–H and O–H groups in total. The van der Waals surface area contributed by atoms with Crippen molar-refractivity contribution >= 4 is 33.0 Å². The zero-order valence-electron chi connectivity index (χ0n) is 9.47. The first-order valence-corrected chi connectivity index (χ1v) is 7.06. The van der Waals surface area contributed by atoms with Crippen LogP contribution in [-0.4, -0.2) is 6.54 Å². The molecule has 1 aromatic carbocycles. The minimum Gasteiger partial charge on any atom is -0.384 e. The molecule has 1 aromatic heterocycles. The lowest BCUT2D eigenvalue weighted by Crippen LogP contribution is -2.05. The van der Waals surface area contributed by atoms with E-state index in [0.29, 0.717) is 4.47 Å². The van der Waals surface area contributed by atoms with Gasteiger partial charge in [0.25, 0.3) is 0 Å². The van der Waals surface area contributed by atoms with Crippen LogP contribution in [0.4, 0.5) is 10.1 Å². The molecule has 2 rings (SSSR count). The summed E-state index contributed by atoms with van der Waals surface area (Å²) in [7, 11) is 0. The first-order valence-electron chi connectivity index (χ1n) is 5.38. The van der Waals surface area contributed by atoms with Crippen molar-refractivity contribution in [2.24, 2.45) is 0 Å². The van der Waals surface area contributed by atoms with Crippen molar-refractivity contribution in [3.05, 3.63) is 50.4 Å². The molecule has 0 fully saturated rings. The number of hydrogen-bond donors (Lipinski definition) is 1. The second-order valence-corrected chi connectivity index (χ2v) is 5.72. The van der Waals surface area contributed by atoms with Gasteiger partial charge in [0.2, 0.25) is 0 Å². The highest BCUT2D eigenvalue weighted by Gasteiger charge is 2.04. The van der Waals surface area contributed by atoms with Gasteiger partial charge in [-0.2, -0.15) is 0 Å². The Hall–Kier alpha value is -0.870. The van der Waals surface area contributed by atoms with Gasteiger partial charge in [-0.05, 0) is 58.4 Å². The molecule has 0 spiro atoms. The average molecular weight is 314 g/mol. The summed E-state index contributed by atoms with van der Waals surface area (Å²) in [6.45, 7) is 2.79. The lowest BCUT2D eigenvalue weighted by molar-refractivity contribution is 0.621. The smallest absolute Gasteiger partial charge is 0.139 e. The normalized spacial score (nSPS) is 10.5. The second kappa shape index (κ2) is 5.65. The monoisotopic (exact) mass is 313 g/mol. The molecule has 1 nitrogen and oxygen atoms in total. The molecule has 0 atom stereocenters. The molecule has 0 unspecified atom stereocenters. The van der Waals surface area contributed by atoms with Crippen LogP contribution in [0.3, 0.4) is 0 Å². The third-order valence-electron chi connectivity index (χ3n) is 2.53. The van der Waals surface area contributed by atoms with E-state index in [1.54, 1.807) is 17.4 Å². The summed E-state index contributed by atoms with van der Waals surface area (Å²) in [6, 6.07) is 7.49. The number of anilines is 1. The average Bonchev–Trinajstić information content (AvgIpc) is 2.78. The zero-order chi connectivity index (χ0) is 12.3. The van der Waals surface area contributed by atoms with Crippen LogP contribution in [0.25, 0.3) is 0 Å². The van der Waals surface area contributed by atoms with Crippen LogP contribution in [0, 0.1) is 12.7 Å². The van der Waals surface area contributed by atoms with Gasteiger partial charge in [0.1, 0.15) is 5.82 Å². The minimum atomic E-state index is -0.228. The van der Waals surface area contributed by atoms with Gasteiger partial charge in [-0.3, -0.25) is 0 Å². The van der Waals surface area contributed by atoms with Crippen molar-refractivity contribution < 1.29 is 4.39 Å². The molecule has 0 aliphatic carbocycles. The zero-order valence-corrected chi connectivity index (χ0v) is 11.9. The van der Waals surface area contributed by atoms with Crippen LogP contribution in [0.15, 0.2) is 34.1 Å². The molecule has 0 radical (unpaired) electrons. The fourth-order valence-corrected chi connectivity index (χ4v) is 2.78. The lowest BCUT2D eigenvalue weighted by Gasteiger charge is -2.10. The Morgan fingerprint density at radius 3 is 2.94 bits per heavy atom. The van der Waals surface area contributed by atoms with Gasteiger partial charge < -0.3 is 5.32 Å². The van der Waals surface area contributed by atoms with Gasteiger partial charge in [-0.25, -0.2) is 4.39 Å². The molecular weight excluding hydrogens is 301 g/mol. The van der Waals surface area contributed by atoms with Crippen LogP contribution in [-0.2, 0) is 6.42 Å². The number of hydrogen-bond acceptors (Lipinski definition) is 2. The molecule has 0 saturated heterocycles. The van der Waals surface area contributed by atoms with Crippen LogP contribution in [0.5, 0.6) is 0 Å². The van der Waals surface area contributed by atoms with Crippen LogP contribution >= 0.6 is 27.3 Å². The molecule has 1 heterocycles. The van der Waals surface area contributed by atoms with Crippen LogP contribution in [0.1, 0.15) is 10.4 Å². The highest BCUT2D eigenvalue weighted by atomic mass is 79.9. The van der Waals surface area contributed by atoms with Gasteiger partial charge in [0, 0.05) is 17.1 Å². The third-order valence-corrected chi connectivity index (χ3v) is 4.08. The predicted molar refractivity (Wildman–Crippen MR) is 75.3 cm³/mol. The van der Waals surface area contributed by atoms with Gasteiger partial charge >= 0.3 is 0 Å². The molecule has 0 saturated carbocycles. The molecule has 0 bridgehead atoms. The first kappa shape index (κ1) is 12.6. The molecule has 0 aliphatic rings. The van der Waals surface area contributed by atoms with Gasteiger partial charge in [-0.1, -0.05) is 6.07 Å². The van der Waals surface area contributed by atoms with Crippen LogP contribution in [0.2, 0.25) is 0 Å². The summed E-state index contributed by atoms with van der Waals surface area (Å²) in [4.78, 5) is 1.34. The van der Waals surface area contributed by atoms with E-state index in [-0.39, 0.29) is 5.82 Å². The summed E-state index contributed by atoms with van der Waals surface area (Å²) in [6.07, 6.45) is 0.967. The number of aryl methyl sites for hydroxylation is 1. The number of thiophene rings is 1. The van der Waals surface area contributed by atoms with E-state index in [2.05, 4.69) is 32.7 Å². The van der Waals surface area contributed by atoms with E-state index in [1.807, 2.05) is 13.0 Å². The van der Waals surface area contributed by atoms with E-state index in [4.69, 9.17) is 0 Å². The highest BCUT2D eigenvalue weighted by Crippen LogP contribution is 2.24. The minimum absolute atomic E-state index is 0.228. The maximum absolute atomic E-state index is 13.4. The van der Waals surface area contributed by atoms with Crippen molar-refractivity contribution in [2.75, 3.05) is 11.9 Å². The summed E-state index contributed by atoms with van der Waals surface area (Å²) in [5, 5.41) is 5.33. The Morgan fingerprint density at radius 2 is 2.24 bits per heavy atom. The van der Waals surface area contributed by atoms with E-state index < -0.39 is 0 Å². The quantitative estimate of drug-likeness (QED) is 0.869. The molecular formula is C13H13BrFNS. The van der Waals surface area contributed by atoms with Crippen molar-refractivity contribution in [3.8, 4) is 0 Å². The number of benzene rings is 1. The largest absolute Gasteiger partial charge is 0.384 e. The highest BCUT2D eigenvalue weighted by molar-refractivity contribution is 9.10. The number of nitrogens with one attached hydrogen (secondary N) is 1. The summed E-state index contributed by atoms with van der Waals surface area (Å²) >= 11 is 4.93. The Labute approximate surface area is 113 Å². The van der Waals surface area contributed by atoms with Crippen molar-refractivity contribution in [1.82, 2.24) is 0 Å². The maximum atomic E-state index is 13.4. The second-order valence-electron chi connectivity index (χ2n) is 3.84. The van der Waals surface area contributed by atoms with Crippen molar-refractivity contribution in [3.63, 3.8) is 0 Å². The van der Waals surface area contributed by atoms with Crippen molar-refractivity contribution in [1.29, 1.82) is 0 Å². The third kappa shape index (κ3) is 3.30. The summed E-state index contributed by atoms with van der Waals surface area (Å²) in [5.74, 6) is -0.228. The topological polar surface area (TPSA) is 12.0 Å². The molecule has 0 aliphatic heterocycles. The SMILES string of the molecule is Cc1cc(Br)c(F)cc1NCCc1cccs1. The predicted octanol–water partition coefficient (Wildman–Crippen LogP) is 4.61. The fraction of sp³-hybridized carbons (Fsp3) is 0.231. The van der Waals surface area contributed by atoms with Gasteiger partial charge in [-0.15, -0.1) is 11.3 Å². The number of halogens is 2. The Balaban J connectivity index is 1.97. The van der Waals surface area contributed by atoms with Crippen LogP contribution < -0.4 is 5.32 Å². The van der Waals surface area contributed by atoms with E-state index in [1.165, 1.54) is 10.9 Å². The summed E-state index contributed by atoms with van der Waals surface area (Å²) < 4.78 is 13.9. The molecule has 90 valence electrons. The number of rotatable bonds is 4. The molecule has 2 aromatic rings. The molecule has 0 amide bonds. The maximum Gasteiger partial charge on any atom is 0.139 e. The van der Waals surface area contributed by atoms with E-state index >= 15 is 0 Å². The van der Waals surface area contributed by atoms with Crippen molar-refractivity contribution in [2.45, 2.75) is 13.3 Å². The molecule has 4 heteroatoms. The van der Waals surface area contributed by atoms with Gasteiger partial charge in [0.15, 0.2) is 0 Å². The molecule has 17 heavy (non-hydrogen) atoms. The Bertz CT molecular complexity index is 496. The standard InChI is InChI=1S/C13H13BrFNS/c1-9-7-11(14)12(15)8-13(9)16-5-4-10-3-2-6-17-10/h2-3,6-8,16H,4-5H2,1H3. The fourth-order valence-electron chi connectivity index (χ4n) is 1.61. The van der Waals surface area contributed by atoms with Gasteiger partial charge in [0.05, 0.1) is 4.47 Å². The summed E-state index contributed by atoms with van der Waals surface area (Å²) in [5.41, 5.74) is 1.91. The van der Waals surface area contributed by atoms with E-state index in [0.717, 1.165) is 24.2 Å². The first-order chi connectivity index (χ1) is 8.16. The lowest BCUT2D eigenvalue weighted by atomic mass is 10.2. The Kier molecular flexibility index (Phi) is 4.18.